The van der Waals surface area contributed by atoms with E-state index >= 15 is 0 Å². The van der Waals surface area contributed by atoms with E-state index < -0.39 is 17.7 Å². The van der Waals surface area contributed by atoms with Gasteiger partial charge in [0.1, 0.15) is 17.3 Å². The van der Waals surface area contributed by atoms with Crippen LogP contribution in [0, 0.1) is 5.92 Å². The Kier molecular flexibility index (Phi) is 9.42. The predicted octanol–water partition coefficient (Wildman–Crippen LogP) is 4.26. The lowest BCUT2D eigenvalue weighted by Crippen LogP contribution is -2.39. The highest BCUT2D eigenvalue weighted by atomic mass is 16.5. The summed E-state index contributed by atoms with van der Waals surface area (Å²) in [7, 11) is 0. The second kappa shape index (κ2) is 12.9. The summed E-state index contributed by atoms with van der Waals surface area (Å²) in [5, 5.41) is 11.4. The molecular weight excluding hydrogens is 484 g/mol. The lowest BCUT2D eigenvalue weighted by molar-refractivity contribution is -0.140. The number of Topliss-reactive ketones (excluding diaryl/α,β-unsaturated/α-hetero) is 1. The number of aliphatic hydroxyl groups is 1. The molecule has 4 rings (SSSR count). The highest BCUT2D eigenvalue weighted by molar-refractivity contribution is 6.46. The molecule has 2 heterocycles. The van der Waals surface area contributed by atoms with Crippen molar-refractivity contribution in [3.63, 3.8) is 0 Å². The molecule has 2 aliphatic rings. The fourth-order valence-corrected chi connectivity index (χ4v) is 4.84. The van der Waals surface area contributed by atoms with E-state index in [2.05, 4.69) is 18.7 Å². The van der Waals surface area contributed by atoms with Crippen LogP contribution in [0.3, 0.4) is 0 Å². The fourth-order valence-electron chi connectivity index (χ4n) is 4.84. The number of carbonyl (C=O) groups is 2. The summed E-state index contributed by atoms with van der Waals surface area (Å²) in [6, 6.07) is 13.6. The molecule has 2 aromatic carbocycles. The molecule has 0 bridgehead atoms. The van der Waals surface area contributed by atoms with E-state index in [-0.39, 0.29) is 11.3 Å². The maximum absolute atomic E-state index is 13.4. The Morgan fingerprint density at radius 1 is 1.03 bits per heavy atom. The number of amides is 1. The molecule has 204 valence electrons. The lowest BCUT2D eigenvalue weighted by atomic mass is 9.94. The minimum absolute atomic E-state index is 0.0735. The second-order valence-corrected chi connectivity index (χ2v) is 10.0. The average molecular weight is 523 g/mol. The summed E-state index contributed by atoms with van der Waals surface area (Å²) in [6.07, 6.45) is 0.697. The van der Waals surface area contributed by atoms with Crippen molar-refractivity contribution in [3.05, 3.63) is 65.2 Å². The third kappa shape index (κ3) is 6.37. The van der Waals surface area contributed by atoms with E-state index in [1.807, 2.05) is 31.2 Å². The Hall–Kier alpha value is -3.36. The molecule has 38 heavy (non-hydrogen) atoms. The third-order valence-electron chi connectivity index (χ3n) is 6.74. The largest absolute Gasteiger partial charge is 0.507 e. The SMILES string of the molecule is CCOc1ccccc1C1/C(=C(\O)c2ccc(OCC(C)C)cc2)C(=O)C(=O)N1CCCN1CCOCC1. The highest BCUT2D eigenvalue weighted by Crippen LogP contribution is 2.42. The van der Waals surface area contributed by atoms with Crippen molar-refractivity contribution >= 4 is 17.4 Å². The van der Waals surface area contributed by atoms with Crippen molar-refractivity contribution in [1.82, 2.24) is 9.80 Å². The van der Waals surface area contributed by atoms with E-state index in [1.54, 1.807) is 29.2 Å². The minimum Gasteiger partial charge on any atom is -0.507 e. The van der Waals surface area contributed by atoms with Gasteiger partial charge in [0.05, 0.1) is 38.0 Å². The number of aliphatic hydroxyl groups excluding tert-OH is 1. The van der Waals surface area contributed by atoms with Crippen molar-refractivity contribution in [2.24, 2.45) is 5.92 Å². The van der Waals surface area contributed by atoms with E-state index in [0.717, 1.165) is 19.6 Å². The summed E-state index contributed by atoms with van der Waals surface area (Å²) in [6.45, 7) is 11.3. The van der Waals surface area contributed by atoms with Crippen LogP contribution in [0.5, 0.6) is 11.5 Å². The molecule has 1 N–H and O–H groups in total. The first kappa shape index (κ1) is 27.7. The molecular formula is C30H38N2O6. The number of morpholine rings is 1. The first-order valence-electron chi connectivity index (χ1n) is 13.4. The van der Waals surface area contributed by atoms with Gasteiger partial charge in [-0.1, -0.05) is 32.0 Å². The van der Waals surface area contributed by atoms with Crippen molar-refractivity contribution in [2.75, 3.05) is 52.6 Å². The number of para-hydroxylation sites is 1. The quantitative estimate of drug-likeness (QED) is 0.268. The van der Waals surface area contributed by atoms with Gasteiger partial charge in [-0.3, -0.25) is 14.5 Å². The number of hydrogen-bond donors (Lipinski definition) is 1. The highest BCUT2D eigenvalue weighted by Gasteiger charge is 2.46. The van der Waals surface area contributed by atoms with Gasteiger partial charge in [-0.15, -0.1) is 0 Å². The van der Waals surface area contributed by atoms with E-state index in [1.165, 1.54) is 0 Å². The van der Waals surface area contributed by atoms with Crippen molar-refractivity contribution in [2.45, 2.75) is 33.2 Å². The van der Waals surface area contributed by atoms with Gasteiger partial charge in [-0.25, -0.2) is 0 Å². The zero-order chi connectivity index (χ0) is 27.1. The molecule has 2 fully saturated rings. The van der Waals surface area contributed by atoms with Gasteiger partial charge < -0.3 is 24.2 Å². The molecule has 1 atom stereocenters. The molecule has 1 unspecified atom stereocenters. The Labute approximate surface area is 224 Å². The van der Waals surface area contributed by atoms with E-state index in [4.69, 9.17) is 14.2 Å². The molecule has 0 saturated carbocycles. The van der Waals surface area contributed by atoms with E-state index in [9.17, 15) is 14.7 Å². The van der Waals surface area contributed by atoms with Crippen LogP contribution in [0.2, 0.25) is 0 Å². The predicted molar refractivity (Wildman–Crippen MR) is 145 cm³/mol. The Morgan fingerprint density at radius 2 is 1.74 bits per heavy atom. The first-order valence-corrected chi connectivity index (χ1v) is 13.4. The van der Waals surface area contributed by atoms with Crippen molar-refractivity contribution < 1.29 is 28.9 Å². The number of carbonyl (C=O) groups excluding carboxylic acids is 2. The number of nitrogens with zero attached hydrogens (tertiary/aromatic N) is 2. The Balaban J connectivity index is 1.67. The minimum atomic E-state index is -0.751. The van der Waals surface area contributed by atoms with Crippen LogP contribution >= 0.6 is 0 Å². The summed E-state index contributed by atoms with van der Waals surface area (Å²) in [4.78, 5) is 30.6. The fraction of sp³-hybridized carbons (Fsp3) is 0.467. The average Bonchev–Trinajstić information content (AvgIpc) is 3.18. The Morgan fingerprint density at radius 3 is 2.42 bits per heavy atom. The number of ether oxygens (including phenoxy) is 3. The number of likely N-dealkylation sites (tertiary alicyclic amines) is 1. The van der Waals surface area contributed by atoms with Crippen LogP contribution in [0.15, 0.2) is 54.1 Å². The van der Waals surface area contributed by atoms with Crippen molar-refractivity contribution in [1.29, 1.82) is 0 Å². The van der Waals surface area contributed by atoms with Crippen LogP contribution in [0.25, 0.3) is 5.76 Å². The summed E-state index contributed by atoms with van der Waals surface area (Å²) >= 11 is 0. The smallest absolute Gasteiger partial charge is 0.295 e. The summed E-state index contributed by atoms with van der Waals surface area (Å²) in [5.41, 5.74) is 1.20. The molecule has 2 aromatic rings. The monoisotopic (exact) mass is 522 g/mol. The molecule has 2 aliphatic heterocycles. The van der Waals surface area contributed by atoms with Crippen molar-refractivity contribution in [3.8, 4) is 11.5 Å². The number of hydrogen-bond acceptors (Lipinski definition) is 7. The second-order valence-electron chi connectivity index (χ2n) is 10.0. The molecule has 2 saturated heterocycles. The first-order chi connectivity index (χ1) is 18.4. The zero-order valence-electron chi connectivity index (χ0n) is 22.5. The topological polar surface area (TPSA) is 88.5 Å². The number of rotatable bonds is 11. The van der Waals surface area contributed by atoms with Crippen LogP contribution in [-0.4, -0.2) is 79.2 Å². The van der Waals surface area contributed by atoms with Crippen LogP contribution < -0.4 is 9.47 Å². The van der Waals surface area contributed by atoms with Crippen LogP contribution in [0.1, 0.15) is 44.4 Å². The van der Waals surface area contributed by atoms with Gasteiger partial charge in [0.15, 0.2) is 0 Å². The maximum atomic E-state index is 13.4. The van der Waals surface area contributed by atoms with Gasteiger partial charge in [0.25, 0.3) is 11.7 Å². The van der Waals surface area contributed by atoms with Gasteiger partial charge in [-0.2, -0.15) is 0 Å². The normalized spacial score (nSPS) is 19.8. The zero-order valence-corrected chi connectivity index (χ0v) is 22.5. The summed E-state index contributed by atoms with van der Waals surface area (Å²) in [5.74, 6) is 0.144. The molecule has 0 aromatic heterocycles. The molecule has 0 radical (unpaired) electrons. The van der Waals surface area contributed by atoms with Gasteiger partial charge >= 0.3 is 0 Å². The maximum Gasteiger partial charge on any atom is 0.295 e. The van der Waals surface area contributed by atoms with Crippen LogP contribution in [-0.2, 0) is 14.3 Å². The van der Waals surface area contributed by atoms with E-state index in [0.29, 0.717) is 67.9 Å². The van der Waals surface area contributed by atoms with Crippen LogP contribution in [0.4, 0.5) is 0 Å². The third-order valence-corrected chi connectivity index (χ3v) is 6.74. The molecule has 0 spiro atoms. The van der Waals surface area contributed by atoms with Gasteiger partial charge in [0.2, 0.25) is 0 Å². The molecule has 8 nitrogen and oxygen atoms in total. The standard InChI is InChI=1S/C30H38N2O6/c1-4-37-25-9-6-5-8-24(25)27-26(28(33)22-10-12-23(13-11-22)38-20-21(2)3)29(34)30(35)32(27)15-7-14-31-16-18-36-19-17-31/h5-6,8-13,21,27,33H,4,7,14-20H2,1-3H3/b28-26+. The Bertz CT molecular complexity index is 1140. The molecule has 1 amide bonds. The molecule has 0 aliphatic carbocycles. The lowest BCUT2D eigenvalue weighted by Gasteiger charge is -2.29. The van der Waals surface area contributed by atoms with Gasteiger partial charge in [-0.05, 0) is 49.6 Å². The summed E-state index contributed by atoms with van der Waals surface area (Å²) < 4.78 is 17.1. The number of benzene rings is 2. The number of ketones is 1. The molecule has 8 heteroatoms. The van der Waals surface area contributed by atoms with Gasteiger partial charge in [0, 0.05) is 37.3 Å².